The lowest BCUT2D eigenvalue weighted by Gasteiger charge is -2.31. The van der Waals surface area contributed by atoms with Crippen molar-refractivity contribution in [3.63, 3.8) is 0 Å². The van der Waals surface area contributed by atoms with Crippen LogP contribution in [0, 0.1) is 12.8 Å². The predicted molar refractivity (Wildman–Crippen MR) is 78.0 cm³/mol. The molecule has 1 saturated heterocycles. The molecule has 19 heavy (non-hydrogen) atoms. The Hall–Kier alpha value is -0.580. The maximum absolute atomic E-state index is 12.5. The lowest BCUT2D eigenvalue weighted by atomic mass is 9.97. The summed E-state index contributed by atoms with van der Waals surface area (Å²) in [5, 5.41) is 0. The molecule has 1 heterocycles. The van der Waals surface area contributed by atoms with E-state index in [1.807, 2.05) is 19.1 Å². The molecule has 2 rings (SSSR count). The average Bonchev–Trinajstić information content (AvgIpc) is 2.40. The number of piperidine rings is 1. The molecule has 0 bridgehead atoms. The van der Waals surface area contributed by atoms with Crippen molar-refractivity contribution in [1.82, 2.24) is 4.31 Å². The van der Waals surface area contributed by atoms with Crippen LogP contribution in [0.25, 0.3) is 0 Å². The first-order chi connectivity index (χ1) is 9.04. The van der Waals surface area contributed by atoms with E-state index in [-0.39, 0.29) is 0 Å². The van der Waals surface area contributed by atoms with Crippen LogP contribution in [-0.2, 0) is 10.0 Å². The van der Waals surface area contributed by atoms with Crippen LogP contribution >= 0.6 is 11.6 Å². The zero-order valence-electron chi connectivity index (χ0n) is 11.2. The van der Waals surface area contributed by atoms with Gasteiger partial charge in [-0.2, -0.15) is 4.31 Å². The molecule has 1 aromatic rings. The fraction of sp³-hybridized carbons (Fsp3) is 0.571. The summed E-state index contributed by atoms with van der Waals surface area (Å²) in [6.07, 6.45) is 2.89. The van der Waals surface area contributed by atoms with Crippen LogP contribution in [0.1, 0.15) is 24.8 Å². The van der Waals surface area contributed by atoms with Crippen molar-refractivity contribution in [3.05, 3.63) is 29.8 Å². The summed E-state index contributed by atoms with van der Waals surface area (Å²) in [7, 11) is -3.34. The molecule has 0 aromatic heterocycles. The number of nitrogens with zero attached hydrogens (tertiary/aromatic N) is 1. The molecule has 3 nitrogen and oxygen atoms in total. The zero-order chi connectivity index (χ0) is 13.9. The molecule has 0 saturated carbocycles. The quantitative estimate of drug-likeness (QED) is 0.802. The van der Waals surface area contributed by atoms with Crippen LogP contribution in [0.5, 0.6) is 0 Å². The Morgan fingerprint density at radius 1 is 1.32 bits per heavy atom. The average molecular weight is 302 g/mol. The SMILES string of the molecule is Cc1ccc(S(=O)(=O)N2CCCC(CCCl)C2)cc1. The van der Waals surface area contributed by atoms with E-state index in [9.17, 15) is 8.42 Å². The molecule has 0 N–H and O–H groups in total. The third-order valence-corrected chi connectivity index (χ3v) is 5.76. The highest BCUT2D eigenvalue weighted by Crippen LogP contribution is 2.25. The van der Waals surface area contributed by atoms with Crippen LogP contribution in [0.3, 0.4) is 0 Å². The van der Waals surface area contributed by atoms with E-state index in [2.05, 4.69) is 0 Å². The fourth-order valence-corrected chi connectivity index (χ4v) is 4.36. The number of aryl methyl sites for hydroxylation is 1. The van der Waals surface area contributed by atoms with Gasteiger partial charge in [-0.15, -0.1) is 11.6 Å². The summed E-state index contributed by atoms with van der Waals surface area (Å²) in [6.45, 7) is 3.17. The van der Waals surface area contributed by atoms with Gasteiger partial charge in [0.1, 0.15) is 0 Å². The van der Waals surface area contributed by atoms with Crippen LogP contribution in [0.2, 0.25) is 0 Å². The summed E-state index contributed by atoms with van der Waals surface area (Å²) < 4.78 is 26.7. The van der Waals surface area contributed by atoms with Gasteiger partial charge in [0.05, 0.1) is 4.90 Å². The van der Waals surface area contributed by atoms with Gasteiger partial charge in [0.2, 0.25) is 10.0 Å². The Kier molecular flexibility index (Phi) is 4.87. The van der Waals surface area contributed by atoms with Gasteiger partial charge in [-0.1, -0.05) is 17.7 Å². The predicted octanol–water partition coefficient (Wildman–Crippen LogP) is 3.02. The third-order valence-electron chi connectivity index (χ3n) is 3.66. The van der Waals surface area contributed by atoms with E-state index in [1.54, 1.807) is 16.4 Å². The van der Waals surface area contributed by atoms with E-state index < -0.39 is 10.0 Å². The van der Waals surface area contributed by atoms with E-state index >= 15 is 0 Å². The molecule has 1 aliphatic rings. The van der Waals surface area contributed by atoms with Gasteiger partial charge in [-0.3, -0.25) is 0 Å². The second-order valence-corrected chi connectivity index (χ2v) is 7.48. The van der Waals surface area contributed by atoms with Crippen LogP contribution in [-0.4, -0.2) is 31.7 Å². The molecule has 1 aromatic carbocycles. The molecule has 106 valence electrons. The molecule has 1 atom stereocenters. The largest absolute Gasteiger partial charge is 0.243 e. The molecule has 5 heteroatoms. The van der Waals surface area contributed by atoms with Crippen LogP contribution in [0.15, 0.2) is 29.2 Å². The van der Waals surface area contributed by atoms with Crippen molar-refractivity contribution in [3.8, 4) is 0 Å². The molecule has 0 radical (unpaired) electrons. The van der Waals surface area contributed by atoms with Crippen molar-refractivity contribution < 1.29 is 8.42 Å². The lowest BCUT2D eigenvalue weighted by molar-refractivity contribution is 0.262. The van der Waals surface area contributed by atoms with Crippen molar-refractivity contribution in [2.75, 3.05) is 19.0 Å². The highest BCUT2D eigenvalue weighted by molar-refractivity contribution is 7.89. The summed E-state index contributed by atoms with van der Waals surface area (Å²) >= 11 is 5.76. The smallest absolute Gasteiger partial charge is 0.207 e. The van der Waals surface area contributed by atoms with Gasteiger partial charge in [0.25, 0.3) is 0 Å². The number of hydrogen-bond acceptors (Lipinski definition) is 2. The summed E-state index contributed by atoms with van der Waals surface area (Å²) in [5.41, 5.74) is 1.07. The Morgan fingerprint density at radius 2 is 2.00 bits per heavy atom. The van der Waals surface area contributed by atoms with Crippen LogP contribution in [0.4, 0.5) is 0 Å². The first-order valence-electron chi connectivity index (χ1n) is 6.67. The fourth-order valence-electron chi connectivity index (χ4n) is 2.49. The minimum atomic E-state index is -3.34. The lowest BCUT2D eigenvalue weighted by Crippen LogP contribution is -2.39. The summed E-state index contributed by atoms with van der Waals surface area (Å²) in [5.74, 6) is 0.995. The minimum absolute atomic E-state index is 0.393. The van der Waals surface area contributed by atoms with Crippen molar-refractivity contribution >= 4 is 21.6 Å². The van der Waals surface area contributed by atoms with Crippen molar-refractivity contribution in [2.24, 2.45) is 5.92 Å². The van der Waals surface area contributed by atoms with Gasteiger partial charge >= 0.3 is 0 Å². The highest BCUT2D eigenvalue weighted by atomic mass is 35.5. The Labute approximate surface area is 120 Å². The normalized spacial score (nSPS) is 21.5. The number of rotatable bonds is 4. The third kappa shape index (κ3) is 3.50. The highest BCUT2D eigenvalue weighted by Gasteiger charge is 2.29. The standard InChI is InChI=1S/C14H20ClNO2S/c1-12-4-6-14(7-5-12)19(17,18)16-10-2-3-13(11-16)8-9-15/h4-7,13H,2-3,8-11H2,1H3. The van der Waals surface area contributed by atoms with E-state index in [1.165, 1.54) is 0 Å². The van der Waals surface area contributed by atoms with Gasteiger partial charge in [-0.25, -0.2) is 8.42 Å². The monoisotopic (exact) mass is 301 g/mol. The van der Waals surface area contributed by atoms with E-state index in [4.69, 9.17) is 11.6 Å². The Balaban J connectivity index is 2.17. The Bertz CT molecular complexity index is 511. The second-order valence-electron chi connectivity index (χ2n) is 5.16. The molecular weight excluding hydrogens is 282 g/mol. The van der Waals surface area contributed by atoms with Crippen molar-refractivity contribution in [2.45, 2.75) is 31.1 Å². The molecule has 1 fully saturated rings. The van der Waals surface area contributed by atoms with Crippen molar-refractivity contribution in [1.29, 1.82) is 0 Å². The first-order valence-corrected chi connectivity index (χ1v) is 8.64. The number of benzene rings is 1. The van der Waals surface area contributed by atoms with E-state index in [0.717, 1.165) is 24.8 Å². The van der Waals surface area contributed by atoms with Gasteiger partial charge in [0, 0.05) is 19.0 Å². The number of sulfonamides is 1. The number of halogens is 1. The maximum Gasteiger partial charge on any atom is 0.243 e. The Morgan fingerprint density at radius 3 is 2.63 bits per heavy atom. The van der Waals surface area contributed by atoms with Gasteiger partial charge < -0.3 is 0 Å². The maximum atomic E-state index is 12.5. The molecule has 0 aliphatic carbocycles. The number of alkyl halides is 1. The molecular formula is C14H20ClNO2S. The number of hydrogen-bond donors (Lipinski definition) is 0. The van der Waals surface area contributed by atoms with Crippen LogP contribution < -0.4 is 0 Å². The topological polar surface area (TPSA) is 37.4 Å². The molecule has 0 spiro atoms. The van der Waals surface area contributed by atoms with Gasteiger partial charge in [0.15, 0.2) is 0 Å². The van der Waals surface area contributed by atoms with Gasteiger partial charge in [-0.05, 0) is 44.2 Å². The summed E-state index contributed by atoms with van der Waals surface area (Å²) in [4.78, 5) is 0.393. The zero-order valence-corrected chi connectivity index (χ0v) is 12.8. The minimum Gasteiger partial charge on any atom is -0.207 e. The molecule has 1 aliphatic heterocycles. The second kappa shape index (κ2) is 6.25. The first kappa shape index (κ1) is 14.8. The van der Waals surface area contributed by atoms with E-state index in [0.29, 0.717) is 29.8 Å². The summed E-state index contributed by atoms with van der Waals surface area (Å²) in [6, 6.07) is 7.06. The molecule has 1 unspecified atom stereocenters. The molecule has 0 amide bonds.